The Morgan fingerprint density at radius 1 is 0.667 bits per heavy atom. The third-order valence-corrected chi connectivity index (χ3v) is 5.50. The molecule has 120 valence electrons. The molecule has 24 heavy (non-hydrogen) atoms. The molecule has 1 aliphatic carbocycles. The predicted molar refractivity (Wildman–Crippen MR) is 102 cm³/mol. The smallest absolute Gasteiger partial charge is 0.0453 e. The third kappa shape index (κ3) is 3.47. The van der Waals surface area contributed by atoms with Crippen LogP contribution >= 0.6 is 23.2 Å². The minimum absolute atomic E-state index is 0.0912. The van der Waals surface area contributed by atoms with E-state index in [1.165, 1.54) is 0 Å². The summed E-state index contributed by atoms with van der Waals surface area (Å²) in [4.78, 5) is 0. The van der Waals surface area contributed by atoms with Crippen molar-refractivity contribution in [3.05, 3.63) is 69.7 Å². The van der Waals surface area contributed by atoms with Gasteiger partial charge in [0.2, 0.25) is 0 Å². The molecular weight excluding hydrogens is 335 g/mol. The van der Waals surface area contributed by atoms with Crippen molar-refractivity contribution in [2.75, 3.05) is 0 Å². The Hall–Kier alpha value is -1.86. The van der Waals surface area contributed by atoms with Crippen molar-refractivity contribution in [3.63, 3.8) is 0 Å². The maximum Gasteiger partial charge on any atom is 0.0453 e. The largest absolute Gasteiger partial charge is 0.0898 e. The standard InChI is InChI=1S/C22H18Cl2/c1-21(13-11-17-3-7-19(23)8-4-17)15-16-22(21,2)14-12-18-5-9-20(24)10-6-18/h3-10H,15-16H2,1-2H3. The monoisotopic (exact) mass is 352 g/mol. The van der Waals surface area contributed by atoms with Gasteiger partial charge in [-0.25, -0.2) is 0 Å². The van der Waals surface area contributed by atoms with Crippen LogP contribution in [0, 0.1) is 34.5 Å². The molecule has 2 aromatic carbocycles. The first-order valence-electron chi connectivity index (χ1n) is 7.98. The summed E-state index contributed by atoms with van der Waals surface area (Å²) in [6, 6.07) is 15.3. The zero-order chi connectivity index (χ0) is 17.2. The molecule has 1 fully saturated rings. The van der Waals surface area contributed by atoms with Crippen LogP contribution in [0.4, 0.5) is 0 Å². The second-order valence-corrected chi connectivity index (χ2v) is 7.55. The summed E-state index contributed by atoms with van der Waals surface area (Å²) >= 11 is 11.8. The molecule has 1 aliphatic rings. The first-order valence-corrected chi connectivity index (χ1v) is 8.73. The predicted octanol–water partition coefficient (Wildman–Crippen LogP) is 6.20. The van der Waals surface area contributed by atoms with Crippen molar-refractivity contribution in [3.8, 4) is 23.7 Å². The van der Waals surface area contributed by atoms with Crippen LogP contribution in [0.15, 0.2) is 48.5 Å². The molecule has 2 atom stereocenters. The molecule has 2 unspecified atom stereocenters. The summed E-state index contributed by atoms with van der Waals surface area (Å²) in [6.07, 6.45) is 2.14. The van der Waals surface area contributed by atoms with Gasteiger partial charge in [-0.15, -0.1) is 0 Å². The van der Waals surface area contributed by atoms with Gasteiger partial charge in [-0.3, -0.25) is 0 Å². The highest BCUT2D eigenvalue weighted by Gasteiger charge is 2.51. The summed E-state index contributed by atoms with van der Waals surface area (Å²) in [7, 11) is 0. The third-order valence-electron chi connectivity index (χ3n) is 5.00. The first kappa shape index (κ1) is 17.0. The van der Waals surface area contributed by atoms with Gasteiger partial charge in [-0.05, 0) is 75.2 Å². The van der Waals surface area contributed by atoms with Crippen LogP contribution in [0.3, 0.4) is 0 Å². The highest BCUT2D eigenvalue weighted by molar-refractivity contribution is 6.30. The molecule has 3 rings (SSSR count). The van der Waals surface area contributed by atoms with Gasteiger partial charge in [0.15, 0.2) is 0 Å². The molecule has 0 radical (unpaired) electrons. The van der Waals surface area contributed by atoms with Gasteiger partial charge in [-0.2, -0.15) is 0 Å². The molecule has 0 aliphatic heterocycles. The quantitative estimate of drug-likeness (QED) is 0.495. The maximum absolute atomic E-state index is 5.92. The van der Waals surface area contributed by atoms with Crippen molar-refractivity contribution in [2.24, 2.45) is 10.8 Å². The van der Waals surface area contributed by atoms with E-state index >= 15 is 0 Å². The Balaban J connectivity index is 1.82. The van der Waals surface area contributed by atoms with Crippen LogP contribution < -0.4 is 0 Å². The van der Waals surface area contributed by atoms with Crippen LogP contribution in [0.1, 0.15) is 37.8 Å². The van der Waals surface area contributed by atoms with E-state index in [4.69, 9.17) is 23.2 Å². The molecule has 1 saturated carbocycles. The highest BCUT2D eigenvalue weighted by atomic mass is 35.5. The molecule has 0 bridgehead atoms. The van der Waals surface area contributed by atoms with Crippen LogP contribution in [0.25, 0.3) is 0 Å². The molecule has 0 heterocycles. The summed E-state index contributed by atoms with van der Waals surface area (Å²) in [5.41, 5.74) is 1.79. The van der Waals surface area contributed by atoms with E-state index in [1.807, 2.05) is 48.5 Å². The SMILES string of the molecule is CC1(C#Cc2ccc(Cl)cc2)CCC1(C)C#Cc1ccc(Cl)cc1. The molecular formula is C22H18Cl2. The van der Waals surface area contributed by atoms with E-state index in [2.05, 4.69) is 37.5 Å². The first-order chi connectivity index (χ1) is 11.4. The van der Waals surface area contributed by atoms with Crippen LogP contribution in [-0.2, 0) is 0 Å². The molecule has 0 amide bonds. The van der Waals surface area contributed by atoms with Gasteiger partial charge in [-0.1, -0.05) is 46.9 Å². The fraction of sp³-hybridized carbons (Fsp3) is 0.273. The fourth-order valence-electron chi connectivity index (χ4n) is 2.76. The topological polar surface area (TPSA) is 0 Å². The average Bonchev–Trinajstić information content (AvgIpc) is 2.59. The summed E-state index contributed by atoms with van der Waals surface area (Å²) in [5.74, 6) is 13.5. The van der Waals surface area contributed by atoms with Crippen molar-refractivity contribution < 1.29 is 0 Å². The van der Waals surface area contributed by atoms with Crippen molar-refractivity contribution in [1.82, 2.24) is 0 Å². The van der Waals surface area contributed by atoms with E-state index in [0.29, 0.717) is 0 Å². The van der Waals surface area contributed by atoms with Gasteiger partial charge in [0.25, 0.3) is 0 Å². The lowest BCUT2D eigenvalue weighted by Gasteiger charge is -2.49. The van der Waals surface area contributed by atoms with Gasteiger partial charge < -0.3 is 0 Å². The van der Waals surface area contributed by atoms with E-state index in [-0.39, 0.29) is 10.8 Å². The number of hydrogen-bond donors (Lipinski definition) is 0. The summed E-state index contributed by atoms with van der Waals surface area (Å²) < 4.78 is 0. The van der Waals surface area contributed by atoms with E-state index < -0.39 is 0 Å². The van der Waals surface area contributed by atoms with E-state index in [1.54, 1.807) is 0 Å². The summed E-state index contributed by atoms with van der Waals surface area (Å²) in [6.45, 7) is 4.41. The molecule has 0 nitrogen and oxygen atoms in total. The Morgan fingerprint density at radius 2 is 1.00 bits per heavy atom. The van der Waals surface area contributed by atoms with Crippen LogP contribution in [0.5, 0.6) is 0 Å². The normalized spacial score (nSPS) is 24.8. The van der Waals surface area contributed by atoms with Crippen LogP contribution in [-0.4, -0.2) is 0 Å². The second-order valence-electron chi connectivity index (χ2n) is 6.68. The zero-order valence-corrected chi connectivity index (χ0v) is 15.3. The Kier molecular flexibility index (Phi) is 4.64. The average molecular weight is 353 g/mol. The summed E-state index contributed by atoms with van der Waals surface area (Å²) in [5, 5.41) is 1.46. The maximum atomic E-state index is 5.92. The highest BCUT2D eigenvalue weighted by Crippen LogP contribution is 2.55. The Morgan fingerprint density at radius 3 is 1.29 bits per heavy atom. The van der Waals surface area contributed by atoms with Crippen molar-refractivity contribution in [1.29, 1.82) is 0 Å². The van der Waals surface area contributed by atoms with Gasteiger partial charge >= 0.3 is 0 Å². The lowest BCUT2D eigenvalue weighted by molar-refractivity contribution is 0.0631. The molecule has 0 aromatic heterocycles. The van der Waals surface area contributed by atoms with Crippen molar-refractivity contribution >= 4 is 23.2 Å². The minimum Gasteiger partial charge on any atom is -0.0898 e. The second kappa shape index (κ2) is 6.57. The minimum atomic E-state index is -0.0912. The Labute approximate surface area is 154 Å². The lowest BCUT2D eigenvalue weighted by Crippen LogP contribution is -2.45. The molecule has 2 heteroatoms. The molecule has 0 N–H and O–H groups in total. The molecule has 0 saturated heterocycles. The zero-order valence-electron chi connectivity index (χ0n) is 13.8. The fourth-order valence-corrected chi connectivity index (χ4v) is 3.01. The molecule has 0 spiro atoms. The van der Waals surface area contributed by atoms with E-state index in [9.17, 15) is 0 Å². The number of hydrogen-bond acceptors (Lipinski definition) is 0. The number of halogens is 2. The van der Waals surface area contributed by atoms with Gasteiger partial charge in [0.1, 0.15) is 0 Å². The lowest BCUT2D eigenvalue weighted by atomic mass is 9.51. The van der Waals surface area contributed by atoms with Gasteiger partial charge in [0.05, 0.1) is 0 Å². The van der Waals surface area contributed by atoms with Gasteiger partial charge in [0, 0.05) is 32.0 Å². The number of rotatable bonds is 0. The van der Waals surface area contributed by atoms with Crippen molar-refractivity contribution in [2.45, 2.75) is 26.7 Å². The van der Waals surface area contributed by atoms with Crippen LogP contribution in [0.2, 0.25) is 10.0 Å². The number of benzene rings is 2. The van der Waals surface area contributed by atoms with E-state index in [0.717, 1.165) is 34.0 Å². The molecule has 2 aromatic rings. The Bertz CT molecular complexity index is 781.